The SMILES string of the molecule is CC(C)(C)OC(=O)C(C(C(=O)OC(C)(C)C)n1cccc1C=O)=P(c1ccccc1)(c1ccccc1)c1ccccc1. The number of nitrogens with zero attached hydrogens (tertiary/aromatic N) is 1. The molecule has 0 bridgehead atoms. The molecule has 0 radical (unpaired) electrons. The number of aldehydes is 1. The van der Waals surface area contributed by atoms with Crippen molar-refractivity contribution in [2.75, 3.05) is 0 Å². The third kappa shape index (κ3) is 6.50. The summed E-state index contributed by atoms with van der Waals surface area (Å²) >= 11 is 0. The van der Waals surface area contributed by atoms with Gasteiger partial charge in [0.25, 0.3) is 0 Å². The van der Waals surface area contributed by atoms with Crippen molar-refractivity contribution in [1.29, 1.82) is 0 Å². The van der Waals surface area contributed by atoms with Gasteiger partial charge in [-0.3, -0.25) is 4.79 Å². The Balaban J connectivity index is 2.34. The van der Waals surface area contributed by atoms with E-state index in [0.717, 1.165) is 15.9 Å². The van der Waals surface area contributed by atoms with Crippen LogP contribution in [0.15, 0.2) is 109 Å². The van der Waals surface area contributed by atoms with Crippen LogP contribution in [-0.4, -0.2) is 39.3 Å². The lowest BCUT2D eigenvalue weighted by atomic mass is 10.1. The number of esters is 2. The van der Waals surface area contributed by atoms with Gasteiger partial charge in [0.1, 0.15) is 11.2 Å². The Bertz CT molecular complexity index is 1490. The molecule has 0 spiro atoms. The maximum atomic E-state index is 14.8. The van der Waals surface area contributed by atoms with Gasteiger partial charge in [0.15, 0.2) is 12.3 Å². The summed E-state index contributed by atoms with van der Waals surface area (Å²) in [6.07, 6.45) is 2.32. The van der Waals surface area contributed by atoms with Crippen LogP contribution in [0.2, 0.25) is 0 Å². The molecule has 0 aliphatic rings. The maximum Gasteiger partial charge on any atom is 0.338 e. The van der Waals surface area contributed by atoms with Crippen molar-refractivity contribution in [3.05, 3.63) is 115 Å². The number of rotatable bonds is 8. The van der Waals surface area contributed by atoms with Gasteiger partial charge in [-0.25, -0.2) is 9.59 Å². The number of carbonyl (C=O) groups is 3. The second-order valence-corrected chi connectivity index (χ2v) is 15.3. The van der Waals surface area contributed by atoms with E-state index in [1.807, 2.05) is 91.0 Å². The Morgan fingerprint density at radius 1 is 0.667 bits per heavy atom. The van der Waals surface area contributed by atoms with E-state index in [-0.39, 0.29) is 11.0 Å². The summed E-state index contributed by atoms with van der Waals surface area (Å²) in [5, 5.41) is 2.79. The predicted octanol–water partition coefficient (Wildman–Crippen LogP) is 5.69. The van der Waals surface area contributed by atoms with Crippen LogP contribution in [0.25, 0.3) is 0 Å². The summed E-state index contributed by atoms with van der Waals surface area (Å²) in [6.45, 7) is 7.57. The highest BCUT2D eigenvalue weighted by atomic mass is 31.2. The quantitative estimate of drug-likeness (QED) is 0.151. The monoisotopic (exact) mass is 583 g/mol. The molecule has 42 heavy (non-hydrogen) atoms. The average Bonchev–Trinajstić information content (AvgIpc) is 3.41. The maximum absolute atomic E-state index is 14.8. The van der Waals surface area contributed by atoms with Gasteiger partial charge in [-0.2, -0.15) is 0 Å². The van der Waals surface area contributed by atoms with E-state index in [4.69, 9.17) is 9.47 Å². The molecule has 6 nitrogen and oxygen atoms in total. The highest BCUT2D eigenvalue weighted by Gasteiger charge is 2.44. The van der Waals surface area contributed by atoms with Gasteiger partial charge >= 0.3 is 11.9 Å². The number of carbonyl (C=O) groups excluding carboxylic acids is 3. The van der Waals surface area contributed by atoms with Crippen LogP contribution < -0.4 is 15.9 Å². The minimum Gasteiger partial charge on any atom is -0.458 e. The molecule has 1 heterocycles. The summed E-state index contributed by atoms with van der Waals surface area (Å²) in [6, 6.07) is 31.2. The van der Waals surface area contributed by atoms with Crippen LogP contribution >= 0.6 is 6.89 Å². The van der Waals surface area contributed by atoms with Crippen molar-refractivity contribution >= 4 is 46.3 Å². The Labute approximate surface area is 248 Å². The smallest absolute Gasteiger partial charge is 0.338 e. The lowest BCUT2D eigenvalue weighted by molar-refractivity contribution is -0.158. The number of hydrogen-bond acceptors (Lipinski definition) is 5. The highest BCUT2D eigenvalue weighted by Crippen LogP contribution is 2.49. The summed E-state index contributed by atoms with van der Waals surface area (Å²) in [7, 11) is 0. The summed E-state index contributed by atoms with van der Waals surface area (Å²) in [5.41, 5.74) is -1.50. The van der Waals surface area contributed by atoms with Crippen LogP contribution in [0.4, 0.5) is 0 Å². The van der Waals surface area contributed by atoms with E-state index in [2.05, 4.69) is 0 Å². The molecule has 1 atom stereocenters. The molecule has 0 aliphatic carbocycles. The van der Waals surface area contributed by atoms with E-state index in [0.29, 0.717) is 6.29 Å². The van der Waals surface area contributed by atoms with E-state index in [9.17, 15) is 14.4 Å². The molecule has 0 N–H and O–H groups in total. The molecular weight excluding hydrogens is 545 g/mol. The number of ether oxygens (including phenoxy) is 2. The van der Waals surface area contributed by atoms with E-state index >= 15 is 0 Å². The summed E-state index contributed by atoms with van der Waals surface area (Å²) in [4.78, 5) is 41.5. The Kier molecular flexibility index (Phi) is 9.08. The van der Waals surface area contributed by atoms with Crippen molar-refractivity contribution in [2.45, 2.75) is 58.8 Å². The van der Waals surface area contributed by atoms with Crippen LogP contribution in [0.5, 0.6) is 0 Å². The molecule has 1 aromatic heterocycles. The van der Waals surface area contributed by atoms with Crippen molar-refractivity contribution in [2.24, 2.45) is 0 Å². The molecule has 0 saturated carbocycles. The van der Waals surface area contributed by atoms with Crippen LogP contribution in [0, 0.1) is 0 Å². The topological polar surface area (TPSA) is 74.6 Å². The second kappa shape index (κ2) is 12.4. The zero-order chi connectivity index (χ0) is 30.5. The minimum atomic E-state index is -3.15. The van der Waals surface area contributed by atoms with Crippen molar-refractivity contribution in [1.82, 2.24) is 4.57 Å². The number of aromatic nitrogens is 1. The second-order valence-electron chi connectivity index (χ2n) is 12.0. The molecule has 0 aliphatic heterocycles. The van der Waals surface area contributed by atoms with Gasteiger partial charge in [0.2, 0.25) is 0 Å². The third-order valence-corrected chi connectivity index (χ3v) is 10.9. The Hall–Kier alpha value is -4.15. The first-order chi connectivity index (χ1) is 19.9. The lowest BCUT2D eigenvalue weighted by Crippen LogP contribution is -2.45. The minimum absolute atomic E-state index is 0.217. The van der Waals surface area contributed by atoms with E-state index in [1.165, 1.54) is 4.57 Å². The van der Waals surface area contributed by atoms with Gasteiger partial charge in [-0.1, -0.05) is 91.0 Å². The number of hydrogen-bond donors (Lipinski definition) is 0. The largest absolute Gasteiger partial charge is 0.458 e. The molecule has 4 aromatic rings. The zero-order valence-corrected chi connectivity index (χ0v) is 25.9. The Morgan fingerprint density at radius 2 is 1.10 bits per heavy atom. The zero-order valence-electron chi connectivity index (χ0n) is 25.0. The molecule has 3 aromatic carbocycles. The van der Waals surface area contributed by atoms with Crippen LogP contribution in [0.3, 0.4) is 0 Å². The fraction of sp³-hybridized carbons (Fsp3) is 0.257. The first-order valence-corrected chi connectivity index (χ1v) is 15.7. The standard InChI is InChI=1S/C35H38NO5P/c1-34(2,3)40-32(38)30(36-24-16-17-26(36)25-37)31(33(39)41-35(4,5)6)42(27-18-10-7-11-19-27,28-20-12-8-13-21-28)29-22-14-9-15-23-29/h7-25,30H,1-6H3. The fourth-order valence-electron chi connectivity index (χ4n) is 5.04. The van der Waals surface area contributed by atoms with Gasteiger partial charge in [0.05, 0.1) is 11.0 Å². The highest BCUT2D eigenvalue weighted by molar-refractivity contribution is 7.96. The van der Waals surface area contributed by atoms with Gasteiger partial charge in [0, 0.05) is 6.20 Å². The molecular formula is C35H38NO5P. The first kappa shape index (κ1) is 30.8. The molecule has 7 heteroatoms. The molecule has 0 amide bonds. The molecule has 218 valence electrons. The van der Waals surface area contributed by atoms with Crippen molar-refractivity contribution in [3.63, 3.8) is 0 Å². The molecule has 0 fully saturated rings. The first-order valence-electron chi connectivity index (χ1n) is 13.9. The van der Waals surface area contributed by atoms with Gasteiger partial charge in [-0.05, 0) is 76.5 Å². The molecule has 1 unspecified atom stereocenters. The number of benzene rings is 3. The van der Waals surface area contributed by atoms with Gasteiger partial charge < -0.3 is 14.0 Å². The predicted molar refractivity (Wildman–Crippen MR) is 171 cm³/mol. The van der Waals surface area contributed by atoms with Crippen molar-refractivity contribution < 1.29 is 23.9 Å². The molecule has 0 saturated heterocycles. The Morgan fingerprint density at radius 3 is 1.48 bits per heavy atom. The molecule has 4 rings (SSSR count). The lowest BCUT2D eigenvalue weighted by Gasteiger charge is -2.36. The fourth-order valence-corrected chi connectivity index (χ4v) is 9.54. The average molecular weight is 584 g/mol. The third-order valence-electron chi connectivity index (χ3n) is 6.50. The summed E-state index contributed by atoms with van der Waals surface area (Å²) < 4.78 is 13.7. The van der Waals surface area contributed by atoms with E-state index in [1.54, 1.807) is 59.9 Å². The van der Waals surface area contributed by atoms with Crippen LogP contribution in [-0.2, 0) is 19.1 Å². The van der Waals surface area contributed by atoms with E-state index < -0.39 is 36.1 Å². The van der Waals surface area contributed by atoms with Gasteiger partial charge in [-0.15, -0.1) is 0 Å². The normalized spacial score (nSPS) is 12.7. The summed E-state index contributed by atoms with van der Waals surface area (Å²) in [5.74, 6) is -1.29. The van der Waals surface area contributed by atoms with Crippen molar-refractivity contribution in [3.8, 4) is 0 Å². The van der Waals surface area contributed by atoms with Crippen LogP contribution in [0.1, 0.15) is 58.1 Å².